The Morgan fingerprint density at radius 3 is 2.31 bits per heavy atom. The Kier molecular flexibility index (Phi) is 5.45. The highest BCUT2D eigenvalue weighted by molar-refractivity contribution is 5.73. The monoisotopic (exact) mass is 354 g/mol. The summed E-state index contributed by atoms with van der Waals surface area (Å²) >= 11 is 0. The van der Waals surface area contributed by atoms with E-state index in [1.54, 1.807) is 13.8 Å². The molecule has 0 N–H and O–H groups in total. The van der Waals surface area contributed by atoms with Gasteiger partial charge in [-0.1, -0.05) is 12.1 Å². The predicted octanol–water partition coefficient (Wildman–Crippen LogP) is 5.79. The molecular weight excluding hydrogens is 327 g/mol. The van der Waals surface area contributed by atoms with Crippen molar-refractivity contribution < 1.29 is 13.9 Å². The maximum absolute atomic E-state index is 14.6. The zero-order chi connectivity index (χ0) is 18.8. The summed E-state index contributed by atoms with van der Waals surface area (Å²) in [4.78, 5) is 11.6. The Bertz CT molecular complexity index is 811. The second-order valence-electron chi connectivity index (χ2n) is 7.38. The van der Waals surface area contributed by atoms with Crippen LogP contribution in [0.1, 0.15) is 59.9 Å². The van der Waals surface area contributed by atoms with Crippen molar-refractivity contribution in [2.75, 3.05) is 6.61 Å². The minimum absolute atomic E-state index is 0.201. The fourth-order valence-electron chi connectivity index (χ4n) is 3.74. The van der Waals surface area contributed by atoms with Crippen molar-refractivity contribution in [1.82, 2.24) is 0 Å². The predicted molar refractivity (Wildman–Crippen MR) is 103 cm³/mol. The molecule has 1 saturated carbocycles. The molecule has 0 spiro atoms. The molecule has 3 rings (SSSR count). The van der Waals surface area contributed by atoms with Crippen LogP contribution in [0.5, 0.6) is 0 Å². The molecular formula is C23H27FO2. The number of benzene rings is 2. The number of rotatable bonds is 6. The van der Waals surface area contributed by atoms with E-state index in [0.29, 0.717) is 24.2 Å². The van der Waals surface area contributed by atoms with Crippen molar-refractivity contribution in [2.24, 2.45) is 0 Å². The van der Waals surface area contributed by atoms with Crippen LogP contribution in [0.15, 0.2) is 24.3 Å². The van der Waals surface area contributed by atoms with Crippen molar-refractivity contribution in [3.63, 3.8) is 0 Å². The first-order valence-electron chi connectivity index (χ1n) is 9.46. The maximum Gasteiger partial charge on any atom is 0.306 e. The van der Waals surface area contributed by atoms with Crippen LogP contribution in [0.25, 0.3) is 11.1 Å². The van der Waals surface area contributed by atoms with E-state index in [9.17, 15) is 9.18 Å². The quantitative estimate of drug-likeness (QED) is 0.614. The van der Waals surface area contributed by atoms with E-state index in [-0.39, 0.29) is 18.2 Å². The highest BCUT2D eigenvalue weighted by atomic mass is 19.1. The molecule has 0 aromatic heterocycles. The Morgan fingerprint density at radius 1 is 1.08 bits per heavy atom. The van der Waals surface area contributed by atoms with Crippen LogP contribution in [0.4, 0.5) is 4.39 Å². The molecule has 0 atom stereocenters. The molecule has 1 aliphatic carbocycles. The first kappa shape index (κ1) is 18.6. The van der Waals surface area contributed by atoms with Gasteiger partial charge in [0, 0.05) is 6.42 Å². The zero-order valence-corrected chi connectivity index (χ0v) is 16.1. The first-order valence-corrected chi connectivity index (χ1v) is 9.46. The molecule has 0 saturated heterocycles. The molecule has 26 heavy (non-hydrogen) atoms. The van der Waals surface area contributed by atoms with Crippen LogP contribution in [-0.4, -0.2) is 12.6 Å². The van der Waals surface area contributed by atoms with Gasteiger partial charge in [-0.25, -0.2) is 4.39 Å². The van der Waals surface area contributed by atoms with E-state index >= 15 is 0 Å². The number of hydrogen-bond acceptors (Lipinski definition) is 2. The van der Waals surface area contributed by atoms with E-state index in [0.717, 1.165) is 11.5 Å². The Labute approximate surface area is 155 Å². The first-order chi connectivity index (χ1) is 12.4. The fourth-order valence-corrected chi connectivity index (χ4v) is 3.74. The van der Waals surface area contributed by atoms with Gasteiger partial charge in [-0.15, -0.1) is 0 Å². The fraction of sp³-hybridized carbons (Fsp3) is 0.435. The standard InChI is InChI=1S/C23H27FO2/c1-5-26-21(25)9-8-18-13-20(12-16(4)23(18)24)22-14(2)10-19(11-15(22)3)17-6-7-17/h10-13,17H,5-9H2,1-4H3. The summed E-state index contributed by atoms with van der Waals surface area (Å²) in [6, 6.07) is 8.36. The summed E-state index contributed by atoms with van der Waals surface area (Å²) in [5.74, 6) is 0.218. The molecule has 138 valence electrons. The van der Waals surface area contributed by atoms with Crippen LogP contribution in [0, 0.1) is 26.6 Å². The van der Waals surface area contributed by atoms with Gasteiger partial charge in [-0.3, -0.25) is 4.79 Å². The van der Waals surface area contributed by atoms with E-state index in [1.165, 1.54) is 35.1 Å². The minimum atomic E-state index is -0.281. The van der Waals surface area contributed by atoms with Crippen LogP contribution >= 0.6 is 0 Å². The van der Waals surface area contributed by atoms with Crippen LogP contribution in [0.3, 0.4) is 0 Å². The number of aryl methyl sites for hydroxylation is 4. The third-order valence-corrected chi connectivity index (χ3v) is 5.13. The number of carbonyl (C=O) groups is 1. The Hall–Kier alpha value is -2.16. The van der Waals surface area contributed by atoms with Gasteiger partial charge in [0.05, 0.1) is 6.61 Å². The molecule has 0 bridgehead atoms. The number of ether oxygens (including phenoxy) is 1. The summed E-state index contributed by atoms with van der Waals surface area (Å²) in [7, 11) is 0. The highest BCUT2D eigenvalue weighted by Gasteiger charge is 2.24. The molecule has 0 aliphatic heterocycles. The number of carbonyl (C=O) groups excluding carboxylic acids is 1. The molecule has 0 amide bonds. The Balaban J connectivity index is 1.94. The second kappa shape index (κ2) is 7.61. The number of esters is 1. The number of halogens is 1. The van der Waals surface area contributed by atoms with Crippen LogP contribution in [-0.2, 0) is 16.0 Å². The van der Waals surface area contributed by atoms with Crippen molar-refractivity contribution >= 4 is 5.97 Å². The third-order valence-electron chi connectivity index (χ3n) is 5.13. The van der Waals surface area contributed by atoms with Gasteiger partial charge in [0.15, 0.2) is 0 Å². The second-order valence-corrected chi connectivity index (χ2v) is 7.38. The summed E-state index contributed by atoms with van der Waals surface area (Å²) in [6.45, 7) is 8.18. The summed E-state index contributed by atoms with van der Waals surface area (Å²) in [6.07, 6.45) is 3.13. The highest BCUT2D eigenvalue weighted by Crippen LogP contribution is 2.42. The summed E-state index contributed by atoms with van der Waals surface area (Å²) < 4.78 is 19.5. The molecule has 3 heteroatoms. The van der Waals surface area contributed by atoms with Crippen LogP contribution in [0.2, 0.25) is 0 Å². The van der Waals surface area contributed by atoms with Gasteiger partial charge in [0.1, 0.15) is 5.82 Å². The van der Waals surface area contributed by atoms with Gasteiger partial charge in [-0.05, 0) is 104 Å². The SMILES string of the molecule is CCOC(=O)CCc1cc(-c2c(C)cc(C3CC3)cc2C)cc(C)c1F. The lowest BCUT2D eigenvalue weighted by Gasteiger charge is -2.16. The van der Waals surface area contributed by atoms with E-state index in [1.807, 2.05) is 12.1 Å². The third kappa shape index (κ3) is 3.98. The average molecular weight is 354 g/mol. The minimum Gasteiger partial charge on any atom is -0.466 e. The molecule has 1 aliphatic rings. The zero-order valence-electron chi connectivity index (χ0n) is 16.1. The summed E-state index contributed by atoms with van der Waals surface area (Å²) in [5.41, 5.74) is 7.29. The van der Waals surface area contributed by atoms with Crippen molar-refractivity contribution in [1.29, 1.82) is 0 Å². The lowest BCUT2D eigenvalue weighted by Crippen LogP contribution is -2.06. The van der Waals surface area contributed by atoms with E-state index < -0.39 is 0 Å². The molecule has 2 nitrogen and oxygen atoms in total. The molecule has 0 heterocycles. The van der Waals surface area contributed by atoms with E-state index in [2.05, 4.69) is 26.0 Å². The lowest BCUT2D eigenvalue weighted by molar-refractivity contribution is -0.143. The van der Waals surface area contributed by atoms with Gasteiger partial charge in [0.25, 0.3) is 0 Å². The molecule has 2 aromatic rings. The summed E-state index contributed by atoms with van der Waals surface area (Å²) in [5, 5.41) is 0. The normalized spacial score (nSPS) is 13.7. The van der Waals surface area contributed by atoms with Gasteiger partial charge < -0.3 is 4.74 Å². The van der Waals surface area contributed by atoms with Crippen molar-refractivity contribution in [3.05, 3.63) is 57.9 Å². The largest absolute Gasteiger partial charge is 0.466 e. The average Bonchev–Trinajstić information content (AvgIpc) is 3.41. The molecule has 2 aromatic carbocycles. The topological polar surface area (TPSA) is 26.3 Å². The Morgan fingerprint density at radius 2 is 1.73 bits per heavy atom. The van der Waals surface area contributed by atoms with E-state index in [4.69, 9.17) is 4.74 Å². The van der Waals surface area contributed by atoms with Crippen LogP contribution < -0.4 is 0 Å². The van der Waals surface area contributed by atoms with Gasteiger partial charge in [-0.2, -0.15) is 0 Å². The molecule has 1 fully saturated rings. The van der Waals surface area contributed by atoms with Crippen molar-refractivity contribution in [3.8, 4) is 11.1 Å². The van der Waals surface area contributed by atoms with Gasteiger partial charge in [0.2, 0.25) is 0 Å². The lowest BCUT2D eigenvalue weighted by atomic mass is 9.90. The molecule has 0 unspecified atom stereocenters. The number of hydrogen-bond donors (Lipinski definition) is 0. The van der Waals surface area contributed by atoms with Crippen molar-refractivity contribution in [2.45, 2.75) is 59.3 Å². The maximum atomic E-state index is 14.6. The van der Waals surface area contributed by atoms with Gasteiger partial charge >= 0.3 is 5.97 Å². The molecule has 0 radical (unpaired) electrons. The smallest absolute Gasteiger partial charge is 0.306 e.